The van der Waals surface area contributed by atoms with E-state index < -0.39 is 15.5 Å². The van der Waals surface area contributed by atoms with E-state index in [0.29, 0.717) is 35.4 Å². The fourth-order valence-electron chi connectivity index (χ4n) is 2.44. The Morgan fingerprint density at radius 1 is 1.03 bits per heavy atom. The highest BCUT2D eigenvalue weighted by molar-refractivity contribution is 6.33. The first-order chi connectivity index (χ1) is 13.9. The van der Waals surface area contributed by atoms with Crippen molar-refractivity contribution in [3.05, 3.63) is 67.2 Å². The van der Waals surface area contributed by atoms with Crippen LogP contribution in [0, 0.1) is 20.2 Å². The van der Waals surface area contributed by atoms with Gasteiger partial charge in [-0.1, -0.05) is 11.6 Å². The molecular formula is C17H16Cl3N5O4. The Kier molecular flexibility index (Phi) is 8.44. The minimum atomic E-state index is -0.727. The lowest BCUT2D eigenvalue weighted by molar-refractivity contribution is -0.393. The Morgan fingerprint density at radius 2 is 1.72 bits per heavy atom. The number of hydrazone groups is 1. The number of halogens is 3. The number of alkyl halides is 2. The summed E-state index contributed by atoms with van der Waals surface area (Å²) in [7, 11) is 0. The van der Waals surface area contributed by atoms with E-state index in [9.17, 15) is 20.2 Å². The van der Waals surface area contributed by atoms with Crippen molar-refractivity contribution in [3.63, 3.8) is 0 Å². The fourth-order valence-corrected chi connectivity index (χ4v) is 3.07. The molecule has 0 spiro atoms. The van der Waals surface area contributed by atoms with E-state index >= 15 is 0 Å². The molecule has 0 fully saturated rings. The Balaban J connectivity index is 2.18. The number of hydrogen-bond acceptors (Lipinski definition) is 7. The largest absolute Gasteiger partial charge is 0.369 e. The second-order valence-corrected chi connectivity index (χ2v) is 6.82. The van der Waals surface area contributed by atoms with Gasteiger partial charge >= 0.3 is 5.69 Å². The maximum absolute atomic E-state index is 11.1. The monoisotopic (exact) mass is 459 g/mol. The van der Waals surface area contributed by atoms with Gasteiger partial charge in [0.15, 0.2) is 0 Å². The molecule has 0 saturated heterocycles. The minimum absolute atomic E-state index is 0.0139. The third-order valence-electron chi connectivity index (χ3n) is 3.84. The Labute approximate surface area is 181 Å². The maximum Gasteiger partial charge on any atom is 0.301 e. The van der Waals surface area contributed by atoms with Gasteiger partial charge in [-0.15, -0.1) is 23.2 Å². The number of benzene rings is 2. The van der Waals surface area contributed by atoms with Crippen LogP contribution >= 0.6 is 34.8 Å². The zero-order valence-electron chi connectivity index (χ0n) is 14.9. The van der Waals surface area contributed by atoms with E-state index in [2.05, 4.69) is 10.5 Å². The molecule has 0 aliphatic heterocycles. The van der Waals surface area contributed by atoms with E-state index in [-0.39, 0.29) is 11.4 Å². The van der Waals surface area contributed by atoms with Crippen LogP contribution < -0.4 is 10.3 Å². The molecule has 29 heavy (non-hydrogen) atoms. The number of non-ortho nitro benzene ring substituents is 1. The van der Waals surface area contributed by atoms with Crippen LogP contribution in [0.5, 0.6) is 0 Å². The lowest BCUT2D eigenvalue weighted by Crippen LogP contribution is -2.27. The van der Waals surface area contributed by atoms with Gasteiger partial charge in [0.2, 0.25) is 0 Å². The van der Waals surface area contributed by atoms with Crippen LogP contribution in [0.15, 0.2) is 41.5 Å². The molecule has 0 atom stereocenters. The first kappa shape index (κ1) is 22.7. The molecule has 0 aromatic heterocycles. The third kappa shape index (κ3) is 6.18. The minimum Gasteiger partial charge on any atom is -0.369 e. The average Bonchev–Trinajstić information content (AvgIpc) is 2.68. The van der Waals surface area contributed by atoms with Crippen molar-refractivity contribution in [3.8, 4) is 0 Å². The molecule has 2 rings (SSSR count). The van der Waals surface area contributed by atoms with E-state index in [1.807, 2.05) is 11.0 Å². The number of rotatable bonds is 10. The standard InChI is InChI=1S/C17H16Cl3N5O4/c18-5-7-23(8-6-19)13-2-1-12(15(20)9-13)11-21-22-16-4-3-14(24(26)27)10-17(16)25(28)29/h1-4,9-11,22H,5-8H2. The molecule has 0 amide bonds. The lowest BCUT2D eigenvalue weighted by atomic mass is 10.2. The highest BCUT2D eigenvalue weighted by atomic mass is 35.5. The van der Waals surface area contributed by atoms with Gasteiger partial charge in [0.1, 0.15) is 5.69 Å². The topological polar surface area (TPSA) is 114 Å². The first-order valence-electron chi connectivity index (χ1n) is 8.25. The summed E-state index contributed by atoms with van der Waals surface area (Å²) < 4.78 is 0. The first-order valence-corrected chi connectivity index (χ1v) is 9.70. The highest BCUT2D eigenvalue weighted by Crippen LogP contribution is 2.29. The quantitative estimate of drug-likeness (QED) is 0.234. The molecule has 0 aliphatic carbocycles. The molecule has 0 heterocycles. The summed E-state index contributed by atoms with van der Waals surface area (Å²) in [6, 6.07) is 8.55. The van der Waals surface area contributed by atoms with Crippen molar-refractivity contribution >= 4 is 63.8 Å². The van der Waals surface area contributed by atoms with Gasteiger partial charge in [0.05, 0.1) is 27.2 Å². The fraction of sp³-hybridized carbons (Fsp3) is 0.235. The van der Waals surface area contributed by atoms with Crippen molar-refractivity contribution in [1.82, 2.24) is 0 Å². The summed E-state index contributed by atoms with van der Waals surface area (Å²) in [6.45, 7) is 1.23. The highest BCUT2D eigenvalue weighted by Gasteiger charge is 2.19. The van der Waals surface area contributed by atoms with Gasteiger partial charge in [-0.2, -0.15) is 5.10 Å². The number of anilines is 2. The summed E-state index contributed by atoms with van der Waals surface area (Å²) in [6.07, 6.45) is 1.39. The summed E-state index contributed by atoms with van der Waals surface area (Å²) in [5.41, 5.74) is 3.11. The van der Waals surface area contributed by atoms with Crippen molar-refractivity contribution in [2.24, 2.45) is 5.10 Å². The zero-order chi connectivity index (χ0) is 21.4. The summed E-state index contributed by atoms with van der Waals surface area (Å²) >= 11 is 17.9. The summed E-state index contributed by atoms with van der Waals surface area (Å²) in [4.78, 5) is 22.5. The Morgan fingerprint density at radius 3 is 2.28 bits per heavy atom. The van der Waals surface area contributed by atoms with Crippen LogP contribution in [0.1, 0.15) is 5.56 Å². The number of hydrogen-bond donors (Lipinski definition) is 1. The molecule has 9 nitrogen and oxygen atoms in total. The Hall–Kier alpha value is -2.62. The van der Waals surface area contributed by atoms with Gasteiger partial charge in [-0.05, 0) is 24.3 Å². The van der Waals surface area contributed by atoms with Crippen LogP contribution in [0.4, 0.5) is 22.7 Å². The van der Waals surface area contributed by atoms with Crippen LogP contribution in [0.25, 0.3) is 0 Å². The molecular weight excluding hydrogens is 445 g/mol. The van der Waals surface area contributed by atoms with Crippen molar-refractivity contribution in [1.29, 1.82) is 0 Å². The van der Waals surface area contributed by atoms with Gasteiger partial charge in [-0.25, -0.2) is 0 Å². The van der Waals surface area contributed by atoms with Gasteiger partial charge in [0.25, 0.3) is 5.69 Å². The second-order valence-electron chi connectivity index (χ2n) is 5.66. The smallest absolute Gasteiger partial charge is 0.301 e. The second kappa shape index (κ2) is 10.8. The van der Waals surface area contributed by atoms with Gasteiger partial charge < -0.3 is 4.90 Å². The van der Waals surface area contributed by atoms with E-state index in [4.69, 9.17) is 34.8 Å². The molecule has 2 aromatic rings. The third-order valence-corrected chi connectivity index (χ3v) is 4.50. The number of nitrogens with one attached hydrogen (secondary N) is 1. The van der Waals surface area contributed by atoms with Gasteiger partial charge in [-0.3, -0.25) is 25.7 Å². The van der Waals surface area contributed by atoms with Crippen LogP contribution in [0.3, 0.4) is 0 Å². The molecule has 0 bridgehead atoms. The molecule has 12 heteroatoms. The summed E-state index contributed by atoms with van der Waals surface area (Å²) in [5, 5.41) is 26.3. The SMILES string of the molecule is O=[N+]([O-])c1ccc(NN=Cc2ccc(N(CCCl)CCCl)cc2Cl)c([N+](=O)[O-])c1. The predicted octanol–water partition coefficient (Wildman–Crippen LogP) is 4.89. The Bertz CT molecular complexity index is 920. The van der Waals surface area contributed by atoms with E-state index in [1.165, 1.54) is 12.3 Å². The van der Waals surface area contributed by atoms with Crippen LogP contribution in [0.2, 0.25) is 5.02 Å². The average molecular weight is 461 g/mol. The predicted molar refractivity (Wildman–Crippen MR) is 116 cm³/mol. The normalized spacial score (nSPS) is 10.9. The maximum atomic E-state index is 11.1. The van der Waals surface area contributed by atoms with Gasteiger partial charge in [0, 0.05) is 42.2 Å². The van der Waals surface area contributed by atoms with Crippen molar-refractivity contribution < 1.29 is 9.85 Å². The molecule has 0 unspecified atom stereocenters. The zero-order valence-corrected chi connectivity index (χ0v) is 17.2. The molecule has 1 N–H and O–H groups in total. The molecule has 0 aliphatic rings. The van der Waals surface area contributed by atoms with Crippen LogP contribution in [-0.4, -0.2) is 40.9 Å². The molecule has 2 aromatic carbocycles. The lowest BCUT2D eigenvalue weighted by Gasteiger charge is -2.23. The van der Waals surface area contributed by atoms with Crippen LogP contribution in [-0.2, 0) is 0 Å². The molecule has 154 valence electrons. The number of nitrogens with zero attached hydrogens (tertiary/aromatic N) is 4. The number of nitro groups is 2. The number of nitro benzene ring substituents is 2. The van der Waals surface area contributed by atoms with E-state index in [1.54, 1.807) is 12.1 Å². The summed E-state index contributed by atoms with van der Waals surface area (Å²) in [5.74, 6) is 0.880. The van der Waals surface area contributed by atoms with E-state index in [0.717, 1.165) is 17.8 Å². The molecule has 0 saturated carbocycles. The van der Waals surface area contributed by atoms with Crippen molar-refractivity contribution in [2.75, 3.05) is 35.2 Å². The molecule has 0 radical (unpaired) electrons. The van der Waals surface area contributed by atoms with Crippen molar-refractivity contribution in [2.45, 2.75) is 0 Å².